The number of carbonyl (C=O) groups is 1. The average Bonchev–Trinajstić information content (AvgIpc) is 2.59. The summed E-state index contributed by atoms with van der Waals surface area (Å²) in [7, 11) is 0. The average molecular weight is 391 g/mol. The van der Waals surface area contributed by atoms with Crippen LogP contribution < -0.4 is 10.6 Å². The number of nitrogens with zero attached hydrogens (tertiary/aromatic N) is 2. The van der Waals surface area contributed by atoms with Crippen LogP contribution >= 0.6 is 23.2 Å². The molecular formula is C18H13Cl2FN4O. The summed E-state index contributed by atoms with van der Waals surface area (Å²) in [5.41, 5.74) is 0.624. The summed E-state index contributed by atoms with van der Waals surface area (Å²) in [6, 6.07) is 12.5. The molecule has 3 rings (SSSR count). The van der Waals surface area contributed by atoms with Gasteiger partial charge < -0.3 is 10.6 Å². The first-order valence-electron chi connectivity index (χ1n) is 7.56. The lowest BCUT2D eigenvalue weighted by Gasteiger charge is -2.11. The topological polar surface area (TPSA) is 66.9 Å². The van der Waals surface area contributed by atoms with Crippen molar-refractivity contribution in [1.29, 1.82) is 0 Å². The van der Waals surface area contributed by atoms with E-state index >= 15 is 0 Å². The third kappa shape index (κ3) is 4.09. The van der Waals surface area contributed by atoms with E-state index in [1.54, 1.807) is 43.3 Å². The highest BCUT2D eigenvalue weighted by atomic mass is 35.5. The van der Waals surface area contributed by atoms with Crippen molar-refractivity contribution in [3.05, 3.63) is 75.9 Å². The third-order valence-electron chi connectivity index (χ3n) is 3.41. The summed E-state index contributed by atoms with van der Waals surface area (Å²) in [4.78, 5) is 20.8. The van der Waals surface area contributed by atoms with Crippen molar-refractivity contribution in [2.75, 3.05) is 10.6 Å². The Morgan fingerprint density at radius 1 is 1.04 bits per heavy atom. The first-order valence-corrected chi connectivity index (χ1v) is 8.32. The van der Waals surface area contributed by atoms with E-state index in [4.69, 9.17) is 23.2 Å². The van der Waals surface area contributed by atoms with Gasteiger partial charge in [-0.25, -0.2) is 14.4 Å². The minimum absolute atomic E-state index is 0.0901. The molecule has 0 fully saturated rings. The standard InChI is InChI=1S/C18H13Cl2FN4O/c1-10-22-15(18(26)25-17-11(19)5-4-6-12(17)20)9-16(23-10)24-14-8-3-2-7-13(14)21/h2-9H,1H3,(H,25,26)(H,22,23,24). The van der Waals surface area contributed by atoms with Crippen LogP contribution in [0.25, 0.3) is 0 Å². The van der Waals surface area contributed by atoms with Gasteiger partial charge in [0.15, 0.2) is 0 Å². The van der Waals surface area contributed by atoms with Gasteiger partial charge in [0.1, 0.15) is 23.2 Å². The van der Waals surface area contributed by atoms with Crippen LogP contribution in [0.2, 0.25) is 10.0 Å². The third-order valence-corrected chi connectivity index (χ3v) is 4.04. The van der Waals surface area contributed by atoms with Crippen LogP contribution in [0, 0.1) is 12.7 Å². The minimum Gasteiger partial charge on any atom is -0.338 e. The molecule has 2 aromatic carbocycles. The van der Waals surface area contributed by atoms with Gasteiger partial charge in [0, 0.05) is 6.07 Å². The molecule has 0 saturated heterocycles. The second-order valence-corrected chi connectivity index (χ2v) is 6.16. The van der Waals surface area contributed by atoms with Gasteiger partial charge in [-0.3, -0.25) is 4.79 Å². The molecular weight excluding hydrogens is 378 g/mol. The summed E-state index contributed by atoms with van der Waals surface area (Å²) in [6.45, 7) is 1.63. The molecule has 0 saturated carbocycles. The minimum atomic E-state index is -0.512. The van der Waals surface area contributed by atoms with Crippen molar-refractivity contribution in [1.82, 2.24) is 9.97 Å². The van der Waals surface area contributed by atoms with E-state index in [0.717, 1.165) is 0 Å². The van der Waals surface area contributed by atoms with Crippen molar-refractivity contribution in [3.63, 3.8) is 0 Å². The fourth-order valence-corrected chi connectivity index (χ4v) is 2.74. The smallest absolute Gasteiger partial charge is 0.274 e. The number of aromatic nitrogens is 2. The Balaban J connectivity index is 1.87. The molecule has 1 heterocycles. The molecule has 0 spiro atoms. The Morgan fingerprint density at radius 3 is 2.42 bits per heavy atom. The van der Waals surface area contributed by atoms with Gasteiger partial charge in [0.05, 0.1) is 21.4 Å². The van der Waals surface area contributed by atoms with Gasteiger partial charge in [-0.1, -0.05) is 41.4 Å². The van der Waals surface area contributed by atoms with E-state index in [-0.39, 0.29) is 17.2 Å². The highest BCUT2D eigenvalue weighted by Crippen LogP contribution is 2.30. The van der Waals surface area contributed by atoms with Crippen molar-refractivity contribution in [2.24, 2.45) is 0 Å². The van der Waals surface area contributed by atoms with Crippen LogP contribution in [0.15, 0.2) is 48.5 Å². The van der Waals surface area contributed by atoms with E-state index in [9.17, 15) is 9.18 Å². The largest absolute Gasteiger partial charge is 0.338 e. The first kappa shape index (κ1) is 18.1. The molecule has 0 atom stereocenters. The molecule has 1 aromatic heterocycles. The van der Waals surface area contributed by atoms with E-state index in [0.29, 0.717) is 21.6 Å². The Kier molecular flexibility index (Phi) is 5.35. The Labute approximate surface area is 159 Å². The number of benzene rings is 2. The van der Waals surface area contributed by atoms with Crippen molar-refractivity contribution in [2.45, 2.75) is 6.92 Å². The lowest BCUT2D eigenvalue weighted by Crippen LogP contribution is -2.16. The molecule has 0 aliphatic rings. The molecule has 3 aromatic rings. The molecule has 0 aliphatic carbocycles. The Hall–Kier alpha value is -2.70. The zero-order chi connectivity index (χ0) is 18.7. The summed E-state index contributed by atoms with van der Waals surface area (Å²) in [5, 5.41) is 6.08. The summed E-state index contributed by atoms with van der Waals surface area (Å²) < 4.78 is 13.8. The van der Waals surface area contributed by atoms with Crippen LogP contribution in [-0.2, 0) is 0 Å². The second kappa shape index (κ2) is 7.68. The van der Waals surface area contributed by atoms with Crippen LogP contribution in [0.5, 0.6) is 0 Å². The highest BCUT2D eigenvalue weighted by molar-refractivity contribution is 6.40. The van der Waals surface area contributed by atoms with Crippen molar-refractivity contribution >= 4 is 46.3 Å². The maximum atomic E-state index is 13.8. The van der Waals surface area contributed by atoms with Crippen LogP contribution in [0.4, 0.5) is 21.6 Å². The molecule has 0 aliphatic heterocycles. The quantitative estimate of drug-likeness (QED) is 0.640. The lowest BCUT2D eigenvalue weighted by molar-refractivity contribution is 0.102. The number of aryl methyl sites for hydroxylation is 1. The number of anilines is 3. The van der Waals surface area contributed by atoms with Gasteiger partial charge in [0.25, 0.3) is 5.91 Å². The van der Waals surface area contributed by atoms with Crippen molar-refractivity contribution < 1.29 is 9.18 Å². The van der Waals surface area contributed by atoms with Gasteiger partial charge in [-0.05, 0) is 31.2 Å². The predicted octanol–water partition coefficient (Wildman–Crippen LogP) is 5.23. The SMILES string of the molecule is Cc1nc(Nc2ccccc2F)cc(C(=O)Nc2c(Cl)cccc2Cl)n1. The van der Waals surface area contributed by atoms with E-state index in [1.807, 2.05) is 0 Å². The number of halogens is 3. The fourth-order valence-electron chi connectivity index (χ4n) is 2.24. The van der Waals surface area contributed by atoms with Gasteiger partial charge in [-0.15, -0.1) is 0 Å². The van der Waals surface area contributed by atoms with Gasteiger partial charge in [0.2, 0.25) is 0 Å². The Bertz CT molecular complexity index is 961. The van der Waals surface area contributed by atoms with Crippen molar-refractivity contribution in [3.8, 4) is 0 Å². The zero-order valence-electron chi connectivity index (χ0n) is 13.6. The summed E-state index contributed by atoms with van der Waals surface area (Å²) in [5.74, 6) is -0.306. The van der Waals surface area contributed by atoms with Crippen LogP contribution in [0.3, 0.4) is 0 Å². The van der Waals surface area contributed by atoms with E-state index in [2.05, 4.69) is 20.6 Å². The van der Waals surface area contributed by atoms with E-state index < -0.39 is 11.7 Å². The van der Waals surface area contributed by atoms with Gasteiger partial charge >= 0.3 is 0 Å². The molecule has 0 bridgehead atoms. The maximum absolute atomic E-state index is 13.8. The molecule has 26 heavy (non-hydrogen) atoms. The zero-order valence-corrected chi connectivity index (χ0v) is 15.1. The fraction of sp³-hybridized carbons (Fsp3) is 0.0556. The van der Waals surface area contributed by atoms with Gasteiger partial charge in [-0.2, -0.15) is 0 Å². The summed E-state index contributed by atoms with van der Waals surface area (Å²) in [6.07, 6.45) is 0. The molecule has 2 N–H and O–H groups in total. The lowest BCUT2D eigenvalue weighted by atomic mass is 10.2. The number of amides is 1. The predicted molar refractivity (Wildman–Crippen MR) is 101 cm³/mol. The number of hydrogen-bond donors (Lipinski definition) is 2. The normalized spacial score (nSPS) is 10.5. The molecule has 8 heteroatoms. The van der Waals surface area contributed by atoms with Crippen LogP contribution in [0.1, 0.15) is 16.3 Å². The molecule has 0 radical (unpaired) electrons. The number of rotatable bonds is 4. The first-order chi connectivity index (χ1) is 12.4. The molecule has 0 unspecified atom stereocenters. The number of para-hydroxylation sites is 2. The second-order valence-electron chi connectivity index (χ2n) is 5.34. The monoisotopic (exact) mass is 390 g/mol. The summed E-state index contributed by atoms with van der Waals surface area (Å²) >= 11 is 12.1. The van der Waals surface area contributed by atoms with Crippen LogP contribution in [-0.4, -0.2) is 15.9 Å². The molecule has 5 nitrogen and oxygen atoms in total. The number of carbonyl (C=O) groups excluding carboxylic acids is 1. The highest BCUT2D eigenvalue weighted by Gasteiger charge is 2.15. The number of hydrogen-bond acceptors (Lipinski definition) is 4. The maximum Gasteiger partial charge on any atom is 0.274 e. The Morgan fingerprint density at radius 2 is 1.73 bits per heavy atom. The molecule has 132 valence electrons. The molecule has 1 amide bonds. The number of nitrogens with one attached hydrogen (secondary N) is 2. The van der Waals surface area contributed by atoms with E-state index in [1.165, 1.54) is 12.1 Å².